The lowest BCUT2D eigenvalue weighted by Gasteiger charge is -2.57. The summed E-state index contributed by atoms with van der Waals surface area (Å²) in [5.41, 5.74) is 2.53. The number of nitrogens with zero attached hydrogens (tertiary/aromatic N) is 1. The zero-order chi connectivity index (χ0) is 24.1. The van der Waals surface area contributed by atoms with Crippen LogP contribution in [0.3, 0.4) is 0 Å². The second-order valence-corrected chi connectivity index (χ2v) is 12.0. The average Bonchev–Trinajstić information content (AvgIpc) is 3.40. The number of carbonyl (C=O) groups excluding carboxylic acids is 2. The zero-order valence-corrected chi connectivity index (χ0v) is 21.3. The summed E-state index contributed by atoms with van der Waals surface area (Å²) in [7, 11) is 0. The Kier molecular flexibility index (Phi) is 6.31. The van der Waals surface area contributed by atoms with E-state index in [1.54, 1.807) is 0 Å². The molecule has 0 aliphatic heterocycles. The van der Waals surface area contributed by atoms with Crippen molar-refractivity contribution in [3.8, 4) is 0 Å². The van der Waals surface area contributed by atoms with Crippen molar-refractivity contribution in [1.82, 2.24) is 0 Å². The molecule has 4 fully saturated rings. The third-order valence-electron chi connectivity index (χ3n) is 10.1. The lowest BCUT2D eigenvalue weighted by molar-refractivity contribution is -0.155. The van der Waals surface area contributed by atoms with Crippen molar-refractivity contribution in [2.45, 2.75) is 117 Å². The van der Waals surface area contributed by atoms with Gasteiger partial charge in [-0.2, -0.15) is 0 Å². The van der Waals surface area contributed by atoms with E-state index in [-0.39, 0.29) is 41.1 Å². The summed E-state index contributed by atoms with van der Waals surface area (Å²) in [6.45, 7) is 7.80. The van der Waals surface area contributed by atoms with Crippen molar-refractivity contribution in [2.75, 3.05) is 0 Å². The molecule has 5 rings (SSSR count). The monoisotopic (exact) mass is 471 g/mol. The number of hydrogen-bond acceptors (Lipinski definition) is 6. The molecule has 0 bridgehead atoms. The second-order valence-electron chi connectivity index (χ2n) is 12.0. The molecular formula is C28H41NO5. The van der Waals surface area contributed by atoms with Crippen molar-refractivity contribution in [3.05, 3.63) is 11.6 Å². The highest BCUT2D eigenvalue weighted by molar-refractivity contribution is 5.99. The molecule has 0 aromatic rings. The number of carbonyl (C=O) groups is 2. The zero-order valence-electron chi connectivity index (χ0n) is 21.3. The van der Waals surface area contributed by atoms with Gasteiger partial charge in [-0.05, 0) is 87.5 Å². The predicted molar refractivity (Wildman–Crippen MR) is 129 cm³/mol. The van der Waals surface area contributed by atoms with Gasteiger partial charge in [-0.25, -0.2) is 0 Å². The fraction of sp³-hybridized carbons (Fsp3) is 0.821. The fourth-order valence-electron chi connectivity index (χ4n) is 8.29. The average molecular weight is 472 g/mol. The van der Waals surface area contributed by atoms with Crippen LogP contribution in [0.5, 0.6) is 0 Å². The molecule has 0 spiro atoms. The third-order valence-corrected chi connectivity index (χ3v) is 10.1. The number of rotatable bonds is 4. The number of allylic oxidation sites excluding steroid dienone is 1. The Morgan fingerprint density at radius 2 is 1.62 bits per heavy atom. The van der Waals surface area contributed by atoms with Gasteiger partial charge in [0.15, 0.2) is 0 Å². The summed E-state index contributed by atoms with van der Waals surface area (Å²) < 4.78 is 11.5. The van der Waals surface area contributed by atoms with Crippen molar-refractivity contribution in [2.24, 2.45) is 33.7 Å². The standard InChI is InChI=1S/C28H41NO5/c1-17(30)32-21-11-13-27(3)19(15-21)16-24(29-34-20-7-5-6-8-20)26-22-9-10-25(33-18(2)31)28(22,4)14-12-23(26)27/h16,20-23,25-26H,5-15H2,1-4H3/b29-24-/t21-,22-,23-,25-,26-,27-,28-/m0/s1. The van der Waals surface area contributed by atoms with Gasteiger partial charge in [-0.15, -0.1) is 0 Å². The summed E-state index contributed by atoms with van der Waals surface area (Å²) in [4.78, 5) is 29.6. The summed E-state index contributed by atoms with van der Waals surface area (Å²) in [6.07, 6.45) is 14.0. The summed E-state index contributed by atoms with van der Waals surface area (Å²) in [5.74, 6) is 0.874. The Bertz CT molecular complexity index is 889. The minimum absolute atomic E-state index is 0.00849. The quantitative estimate of drug-likeness (QED) is 0.386. The molecule has 0 N–H and O–H groups in total. The Morgan fingerprint density at radius 3 is 2.32 bits per heavy atom. The summed E-state index contributed by atoms with van der Waals surface area (Å²) >= 11 is 0. The van der Waals surface area contributed by atoms with Gasteiger partial charge in [-0.3, -0.25) is 9.59 Å². The molecule has 5 aliphatic rings. The molecule has 0 heterocycles. The lowest BCUT2D eigenvalue weighted by Crippen LogP contribution is -2.54. The predicted octanol–water partition coefficient (Wildman–Crippen LogP) is 5.74. The van der Waals surface area contributed by atoms with E-state index < -0.39 is 0 Å². The Morgan fingerprint density at radius 1 is 0.882 bits per heavy atom. The van der Waals surface area contributed by atoms with E-state index in [1.165, 1.54) is 32.3 Å². The van der Waals surface area contributed by atoms with Gasteiger partial charge in [0.2, 0.25) is 0 Å². The van der Waals surface area contributed by atoms with E-state index in [2.05, 4.69) is 19.9 Å². The smallest absolute Gasteiger partial charge is 0.302 e. The Labute approximate surface area is 203 Å². The maximum absolute atomic E-state index is 11.8. The molecule has 0 unspecified atom stereocenters. The van der Waals surface area contributed by atoms with E-state index in [4.69, 9.17) is 19.5 Å². The molecule has 0 saturated heterocycles. The van der Waals surface area contributed by atoms with Crippen molar-refractivity contribution >= 4 is 17.7 Å². The van der Waals surface area contributed by atoms with E-state index in [0.29, 0.717) is 17.8 Å². The first kappa shape index (κ1) is 23.9. The van der Waals surface area contributed by atoms with Crippen LogP contribution in [0.2, 0.25) is 0 Å². The SMILES string of the molecule is CC(=O)O[C@H]1CC[C@@]2(C)C(=C/C(=N/OC3CCCC3)[C@H]3[C@@H]4CC[C@H](OC(C)=O)[C@@]4(C)CC[C@@H]32)C1. The Hall–Kier alpha value is -1.85. The molecule has 5 aliphatic carbocycles. The van der Waals surface area contributed by atoms with Crippen LogP contribution < -0.4 is 0 Å². The summed E-state index contributed by atoms with van der Waals surface area (Å²) in [6, 6.07) is 0. The maximum Gasteiger partial charge on any atom is 0.302 e. The molecule has 0 aromatic heterocycles. The number of esters is 2. The van der Waals surface area contributed by atoms with Crippen LogP contribution in [0.1, 0.15) is 98.3 Å². The topological polar surface area (TPSA) is 74.2 Å². The molecule has 4 saturated carbocycles. The minimum atomic E-state index is -0.197. The van der Waals surface area contributed by atoms with Crippen LogP contribution in [0.15, 0.2) is 16.8 Å². The first-order valence-corrected chi connectivity index (χ1v) is 13.5. The minimum Gasteiger partial charge on any atom is -0.462 e. The number of hydrogen-bond donors (Lipinski definition) is 0. The first-order valence-electron chi connectivity index (χ1n) is 13.5. The van der Waals surface area contributed by atoms with Gasteiger partial charge in [0.25, 0.3) is 0 Å². The van der Waals surface area contributed by atoms with E-state index in [0.717, 1.165) is 63.5 Å². The molecule has 0 aromatic carbocycles. The van der Waals surface area contributed by atoms with E-state index in [9.17, 15) is 9.59 Å². The third kappa shape index (κ3) is 4.09. The van der Waals surface area contributed by atoms with Gasteiger partial charge in [-0.1, -0.05) is 24.6 Å². The highest BCUT2D eigenvalue weighted by Gasteiger charge is 2.61. The number of ether oxygens (including phenoxy) is 2. The Balaban J connectivity index is 1.49. The first-order chi connectivity index (χ1) is 16.2. The van der Waals surface area contributed by atoms with Crippen molar-refractivity contribution in [3.63, 3.8) is 0 Å². The number of fused-ring (bicyclic) bond motifs is 5. The van der Waals surface area contributed by atoms with Crippen LogP contribution in [-0.2, 0) is 23.9 Å². The second kappa shape index (κ2) is 8.98. The van der Waals surface area contributed by atoms with Gasteiger partial charge in [0.05, 0.1) is 5.71 Å². The van der Waals surface area contributed by atoms with Crippen LogP contribution in [-0.4, -0.2) is 36.0 Å². The molecular weight excluding hydrogens is 430 g/mol. The van der Waals surface area contributed by atoms with Gasteiger partial charge in [0.1, 0.15) is 18.3 Å². The van der Waals surface area contributed by atoms with Crippen LogP contribution in [0, 0.1) is 28.6 Å². The fourth-order valence-corrected chi connectivity index (χ4v) is 8.29. The largest absolute Gasteiger partial charge is 0.462 e. The molecule has 6 nitrogen and oxygen atoms in total. The molecule has 0 radical (unpaired) electrons. The maximum atomic E-state index is 11.8. The molecule has 188 valence electrons. The number of oxime groups is 1. The lowest BCUT2D eigenvalue weighted by atomic mass is 9.47. The van der Waals surface area contributed by atoms with Crippen LogP contribution in [0.4, 0.5) is 0 Å². The van der Waals surface area contributed by atoms with Gasteiger partial charge >= 0.3 is 11.9 Å². The van der Waals surface area contributed by atoms with E-state index in [1.807, 2.05) is 0 Å². The van der Waals surface area contributed by atoms with Gasteiger partial charge < -0.3 is 14.3 Å². The highest BCUT2D eigenvalue weighted by atomic mass is 16.6. The normalized spacial score (nSPS) is 42.9. The molecule has 6 heteroatoms. The van der Waals surface area contributed by atoms with Crippen LogP contribution >= 0.6 is 0 Å². The van der Waals surface area contributed by atoms with Crippen molar-refractivity contribution in [1.29, 1.82) is 0 Å². The summed E-state index contributed by atoms with van der Waals surface area (Å²) in [5, 5.41) is 4.86. The van der Waals surface area contributed by atoms with Crippen molar-refractivity contribution < 1.29 is 23.9 Å². The van der Waals surface area contributed by atoms with Gasteiger partial charge in [0, 0.05) is 31.6 Å². The highest BCUT2D eigenvalue weighted by Crippen LogP contribution is 2.64. The van der Waals surface area contributed by atoms with Crippen LogP contribution in [0.25, 0.3) is 0 Å². The molecule has 34 heavy (non-hydrogen) atoms. The van der Waals surface area contributed by atoms with E-state index >= 15 is 0 Å². The molecule has 7 atom stereocenters. The molecule has 0 amide bonds.